The highest BCUT2D eigenvalue weighted by Gasteiger charge is 2.23. The van der Waals surface area contributed by atoms with Crippen LogP contribution in [-0.4, -0.2) is 84.5 Å². The molecule has 2 amide bonds. The smallest absolute Gasteiger partial charge is 0.273 e. The molecule has 1 atom stereocenters. The Hall–Kier alpha value is -4.10. The molecule has 13 heteroatoms. The number of benzene rings is 1. The number of amides is 2. The van der Waals surface area contributed by atoms with Crippen LogP contribution in [0.5, 0.6) is 5.75 Å². The Labute approximate surface area is 224 Å². The number of aromatic nitrogens is 4. The van der Waals surface area contributed by atoms with Crippen molar-refractivity contribution >= 4 is 23.2 Å². The third-order valence-electron chi connectivity index (χ3n) is 6.66. The molecular weight excluding hydrogens is 509 g/mol. The summed E-state index contributed by atoms with van der Waals surface area (Å²) in [4.78, 5) is 32.1. The number of hydrogen-bond donors (Lipinski definition) is 2. The summed E-state index contributed by atoms with van der Waals surface area (Å²) in [7, 11) is 1.31. The number of carbonyl (C=O) groups is 2. The number of anilines is 2. The summed E-state index contributed by atoms with van der Waals surface area (Å²) in [5, 5.41) is 13.6. The molecule has 0 radical (unpaired) electrons. The van der Waals surface area contributed by atoms with Crippen molar-refractivity contribution < 1.29 is 28.2 Å². The summed E-state index contributed by atoms with van der Waals surface area (Å²) in [6.07, 6.45) is 4.88. The third-order valence-corrected chi connectivity index (χ3v) is 6.66. The van der Waals surface area contributed by atoms with Gasteiger partial charge in [-0.2, -0.15) is 0 Å². The summed E-state index contributed by atoms with van der Waals surface area (Å²) in [6, 6.07) is 4.60. The van der Waals surface area contributed by atoms with E-state index >= 15 is 0 Å². The third kappa shape index (κ3) is 5.99. The molecule has 2 aliphatic heterocycles. The van der Waals surface area contributed by atoms with E-state index in [4.69, 9.17) is 14.2 Å². The fourth-order valence-corrected chi connectivity index (χ4v) is 4.57. The maximum atomic E-state index is 14.9. The van der Waals surface area contributed by atoms with Crippen molar-refractivity contribution in [2.45, 2.75) is 25.9 Å². The number of aryl methyl sites for hydroxylation is 1. The monoisotopic (exact) mass is 539 g/mol. The van der Waals surface area contributed by atoms with Gasteiger partial charge in [-0.1, -0.05) is 5.21 Å². The number of hydrogen-bond acceptors (Lipinski definition) is 9. The van der Waals surface area contributed by atoms with Crippen molar-refractivity contribution in [3.05, 3.63) is 53.4 Å². The van der Waals surface area contributed by atoms with Crippen LogP contribution in [0.3, 0.4) is 0 Å². The molecule has 5 rings (SSSR count). The van der Waals surface area contributed by atoms with Gasteiger partial charge in [-0.25, -0.2) is 9.07 Å². The lowest BCUT2D eigenvalue weighted by molar-refractivity contribution is 0.0853. The predicted octanol–water partition coefficient (Wildman–Crippen LogP) is 2.12. The molecule has 2 N–H and O–H groups in total. The number of nitrogens with one attached hydrogen (secondary N) is 2. The first-order chi connectivity index (χ1) is 18.9. The van der Waals surface area contributed by atoms with Gasteiger partial charge >= 0.3 is 0 Å². The van der Waals surface area contributed by atoms with Crippen molar-refractivity contribution in [1.82, 2.24) is 25.3 Å². The van der Waals surface area contributed by atoms with Crippen LogP contribution in [0.4, 0.5) is 15.8 Å². The maximum Gasteiger partial charge on any atom is 0.273 e. The van der Waals surface area contributed by atoms with Crippen LogP contribution >= 0.6 is 0 Å². The highest BCUT2D eigenvalue weighted by Crippen LogP contribution is 2.30. The minimum atomic E-state index is -0.637. The highest BCUT2D eigenvalue weighted by molar-refractivity contribution is 6.07. The Morgan fingerprint density at radius 2 is 2.00 bits per heavy atom. The van der Waals surface area contributed by atoms with E-state index < -0.39 is 11.7 Å². The van der Waals surface area contributed by atoms with Gasteiger partial charge in [-0.15, -0.1) is 5.10 Å². The van der Waals surface area contributed by atoms with E-state index in [1.807, 2.05) is 4.90 Å². The lowest BCUT2D eigenvalue weighted by atomic mass is 10.1. The van der Waals surface area contributed by atoms with Gasteiger partial charge in [-0.3, -0.25) is 14.6 Å². The van der Waals surface area contributed by atoms with Crippen molar-refractivity contribution in [3.8, 4) is 11.4 Å². The van der Waals surface area contributed by atoms with Crippen LogP contribution in [0.15, 0.2) is 30.6 Å². The number of methoxy groups -OCH3 is 1. The largest absolute Gasteiger partial charge is 0.493 e. The molecule has 0 aliphatic carbocycles. The minimum absolute atomic E-state index is 0.0115. The molecule has 0 saturated carbocycles. The molecule has 3 aromatic rings. The summed E-state index contributed by atoms with van der Waals surface area (Å²) < 4.78 is 32.4. The van der Waals surface area contributed by atoms with Crippen molar-refractivity contribution in [2.24, 2.45) is 0 Å². The molecule has 2 saturated heterocycles. The molecule has 2 fully saturated rings. The van der Waals surface area contributed by atoms with Crippen LogP contribution in [0.1, 0.15) is 39.4 Å². The van der Waals surface area contributed by atoms with Crippen LogP contribution < -0.4 is 20.3 Å². The molecule has 1 aromatic carbocycles. The predicted molar refractivity (Wildman–Crippen MR) is 139 cm³/mol. The quantitative estimate of drug-likeness (QED) is 0.442. The molecule has 0 bridgehead atoms. The lowest BCUT2D eigenvalue weighted by Crippen LogP contribution is -2.36. The van der Waals surface area contributed by atoms with Gasteiger partial charge < -0.3 is 29.7 Å². The molecule has 12 nitrogen and oxygen atoms in total. The first-order valence-electron chi connectivity index (χ1n) is 12.7. The molecule has 0 spiro atoms. The zero-order valence-electron chi connectivity index (χ0n) is 21.8. The molecule has 2 aromatic heterocycles. The van der Waals surface area contributed by atoms with Crippen LogP contribution in [0.25, 0.3) is 5.69 Å². The van der Waals surface area contributed by atoms with Crippen LogP contribution in [0.2, 0.25) is 0 Å². The number of nitrogens with zero attached hydrogens (tertiary/aromatic N) is 5. The van der Waals surface area contributed by atoms with Gasteiger partial charge in [0, 0.05) is 38.0 Å². The minimum Gasteiger partial charge on any atom is -0.493 e. The molecule has 4 heterocycles. The van der Waals surface area contributed by atoms with E-state index in [1.54, 1.807) is 19.1 Å². The number of halogens is 1. The Morgan fingerprint density at radius 3 is 2.74 bits per heavy atom. The Balaban J connectivity index is 1.33. The van der Waals surface area contributed by atoms with E-state index in [0.717, 1.165) is 12.8 Å². The van der Waals surface area contributed by atoms with Crippen molar-refractivity contribution in [3.63, 3.8) is 0 Å². The van der Waals surface area contributed by atoms with Crippen LogP contribution in [0, 0.1) is 12.7 Å². The fraction of sp³-hybridized carbons (Fsp3) is 0.423. The average Bonchev–Trinajstić information content (AvgIpc) is 3.66. The summed E-state index contributed by atoms with van der Waals surface area (Å²) in [6.45, 7) is 5.10. The van der Waals surface area contributed by atoms with Gasteiger partial charge in [0.1, 0.15) is 0 Å². The van der Waals surface area contributed by atoms with Crippen LogP contribution in [-0.2, 0) is 9.47 Å². The first kappa shape index (κ1) is 26.5. The number of ether oxygens (including phenoxy) is 3. The van der Waals surface area contributed by atoms with Gasteiger partial charge in [0.05, 0.1) is 61.5 Å². The Bertz CT molecular complexity index is 1350. The van der Waals surface area contributed by atoms with Crippen molar-refractivity contribution in [2.75, 3.05) is 56.8 Å². The Kier molecular flexibility index (Phi) is 7.98. The highest BCUT2D eigenvalue weighted by atomic mass is 19.1. The second kappa shape index (κ2) is 11.7. The number of pyridine rings is 1. The molecule has 1 unspecified atom stereocenters. The zero-order chi connectivity index (χ0) is 27.4. The van der Waals surface area contributed by atoms with Gasteiger partial charge in [0.15, 0.2) is 17.3 Å². The topological polar surface area (TPSA) is 133 Å². The lowest BCUT2D eigenvalue weighted by Gasteiger charge is -2.29. The summed E-state index contributed by atoms with van der Waals surface area (Å²) >= 11 is 0. The van der Waals surface area contributed by atoms with E-state index in [0.29, 0.717) is 62.2 Å². The summed E-state index contributed by atoms with van der Waals surface area (Å²) in [5.41, 5.74) is 2.21. The van der Waals surface area contributed by atoms with Gasteiger partial charge in [-0.05, 0) is 31.9 Å². The Morgan fingerprint density at radius 1 is 1.18 bits per heavy atom. The number of carbonyl (C=O) groups excluding carboxylic acids is 2. The number of morpholine rings is 1. The van der Waals surface area contributed by atoms with E-state index in [2.05, 4.69) is 25.9 Å². The zero-order valence-corrected chi connectivity index (χ0v) is 21.8. The van der Waals surface area contributed by atoms with Crippen molar-refractivity contribution in [1.29, 1.82) is 0 Å². The second-order valence-electron chi connectivity index (χ2n) is 9.28. The van der Waals surface area contributed by atoms with E-state index in [9.17, 15) is 14.0 Å². The van der Waals surface area contributed by atoms with E-state index in [-0.39, 0.29) is 29.0 Å². The van der Waals surface area contributed by atoms with Gasteiger partial charge in [0.2, 0.25) is 0 Å². The standard InChI is InChI=1S/C26H30FN7O5/c1-16-23(34-15-22(31-32-34)26(36)29-14-19-4-3-7-39-19)10-17(13-28-16)30-25(35)20-11-18(12-21(27)24(20)37-2)33-5-8-38-9-6-33/h10-13,15,19H,3-9,14H2,1-2H3,(H,29,36)(H,30,35). The molecular formula is C26H30FN7O5. The first-order valence-corrected chi connectivity index (χ1v) is 12.7. The number of rotatable bonds is 8. The van der Waals surface area contributed by atoms with E-state index in [1.165, 1.54) is 30.3 Å². The summed E-state index contributed by atoms with van der Waals surface area (Å²) in [5.74, 6) is -1.71. The second-order valence-corrected chi connectivity index (χ2v) is 9.28. The molecule has 2 aliphatic rings. The normalized spacial score (nSPS) is 17.2. The molecule has 206 valence electrons. The fourth-order valence-electron chi connectivity index (χ4n) is 4.57. The SMILES string of the molecule is COc1c(F)cc(N2CCOCC2)cc1C(=O)Nc1cnc(C)c(-n2cc(C(=O)NCC3CCCO3)nn2)c1. The molecule has 39 heavy (non-hydrogen) atoms. The maximum absolute atomic E-state index is 14.9. The van der Waals surface area contributed by atoms with Gasteiger partial charge in [0.25, 0.3) is 11.8 Å². The average molecular weight is 540 g/mol.